The molecule has 0 N–H and O–H groups in total. The number of hydrogen-bond acceptors (Lipinski definition) is 2. The summed E-state index contributed by atoms with van der Waals surface area (Å²) in [4.78, 5) is 12.9. The molecular formula is C18H12ClNO2. The maximum Gasteiger partial charge on any atom is 0.224 e. The highest BCUT2D eigenvalue weighted by molar-refractivity contribution is 6.32. The van der Waals surface area contributed by atoms with Gasteiger partial charge in [0.05, 0.1) is 16.4 Å². The Morgan fingerprint density at radius 3 is 2.59 bits per heavy atom. The first-order valence-corrected chi connectivity index (χ1v) is 7.35. The van der Waals surface area contributed by atoms with Gasteiger partial charge in [-0.1, -0.05) is 48.0 Å². The number of fused-ring (bicyclic) bond motifs is 3. The number of hydrogen-bond donors (Lipinski definition) is 0. The van der Waals surface area contributed by atoms with Crippen LogP contribution in [0.3, 0.4) is 0 Å². The van der Waals surface area contributed by atoms with Crippen molar-refractivity contribution in [1.29, 1.82) is 0 Å². The average Bonchev–Trinajstić information content (AvgIpc) is 2.99. The third kappa shape index (κ3) is 1.94. The Labute approximate surface area is 132 Å². The summed E-state index contributed by atoms with van der Waals surface area (Å²) >= 11 is 6.30. The van der Waals surface area contributed by atoms with Crippen LogP contribution in [0.25, 0.3) is 5.69 Å². The Bertz CT molecular complexity index is 855. The third-order valence-corrected chi connectivity index (χ3v) is 4.08. The first-order chi connectivity index (χ1) is 10.8. The topological polar surface area (TPSA) is 31.2 Å². The van der Waals surface area contributed by atoms with Crippen molar-refractivity contribution in [1.82, 2.24) is 4.57 Å². The number of nitrogens with zero attached hydrogens (tertiary/aromatic N) is 1. The Balaban J connectivity index is 1.96. The van der Waals surface area contributed by atoms with E-state index in [2.05, 4.69) is 0 Å². The fourth-order valence-corrected chi connectivity index (χ4v) is 2.96. The molecular weight excluding hydrogens is 298 g/mol. The minimum Gasteiger partial charge on any atom is -0.474 e. The standard InChI is InChI=1S/C18H12ClNO2/c19-13-8-4-9-15-18(13)22-17(12-6-2-1-3-7-12)16(21)14-10-5-11-20(14)15/h1-11,17H. The molecule has 1 aromatic heterocycles. The number of Topliss-reactive ketones (excluding diaryl/α,β-unsaturated/α-hetero) is 1. The highest BCUT2D eigenvalue weighted by Crippen LogP contribution is 2.39. The molecule has 2 aromatic carbocycles. The Kier molecular flexibility index (Phi) is 3.01. The SMILES string of the molecule is O=C1c2cccn2-c2cccc(Cl)c2OC1c1ccccc1. The lowest BCUT2D eigenvalue weighted by molar-refractivity contribution is 0.0796. The fraction of sp³-hybridized carbons (Fsp3) is 0.0556. The molecule has 1 unspecified atom stereocenters. The molecule has 4 rings (SSSR count). The zero-order valence-corrected chi connectivity index (χ0v) is 12.3. The van der Waals surface area contributed by atoms with Gasteiger partial charge in [0.1, 0.15) is 0 Å². The van der Waals surface area contributed by atoms with E-state index in [0.29, 0.717) is 16.5 Å². The fourth-order valence-electron chi connectivity index (χ4n) is 2.75. The van der Waals surface area contributed by atoms with E-state index in [1.165, 1.54) is 0 Å². The van der Waals surface area contributed by atoms with Crippen molar-refractivity contribution in [3.63, 3.8) is 0 Å². The summed E-state index contributed by atoms with van der Waals surface area (Å²) in [6.45, 7) is 0. The molecule has 1 aliphatic rings. The summed E-state index contributed by atoms with van der Waals surface area (Å²) in [7, 11) is 0. The summed E-state index contributed by atoms with van der Waals surface area (Å²) in [6.07, 6.45) is 1.15. The summed E-state index contributed by atoms with van der Waals surface area (Å²) in [5.74, 6) is 0.449. The molecule has 4 heteroatoms. The Morgan fingerprint density at radius 1 is 0.955 bits per heavy atom. The van der Waals surface area contributed by atoms with Gasteiger partial charge in [0.25, 0.3) is 0 Å². The first kappa shape index (κ1) is 13.2. The van der Waals surface area contributed by atoms with E-state index in [-0.39, 0.29) is 5.78 Å². The maximum absolute atomic E-state index is 12.9. The number of rotatable bonds is 1. The number of carbonyl (C=O) groups excluding carboxylic acids is 1. The van der Waals surface area contributed by atoms with Crippen LogP contribution in [-0.2, 0) is 0 Å². The van der Waals surface area contributed by atoms with E-state index in [1.54, 1.807) is 12.1 Å². The van der Waals surface area contributed by atoms with E-state index in [9.17, 15) is 4.79 Å². The van der Waals surface area contributed by atoms with E-state index >= 15 is 0 Å². The lowest BCUT2D eigenvalue weighted by Gasteiger charge is -2.17. The monoisotopic (exact) mass is 309 g/mol. The minimum absolute atomic E-state index is 0.0801. The Morgan fingerprint density at radius 2 is 1.77 bits per heavy atom. The molecule has 3 aromatic rings. The van der Waals surface area contributed by atoms with Crippen LogP contribution in [0.5, 0.6) is 5.75 Å². The van der Waals surface area contributed by atoms with Gasteiger partial charge in [-0.3, -0.25) is 4.79 Å². The van der Waals surface area contributed by atoms with Crippen LogP contribution in [-0.4, -0.2) is 10.4 Å². The van der Waals surface area contributed by atoms with Gasteiger partial charge in [0.2, 0.25) is 5.78 Å². The van der Waals surface area contributed by atoms with Gasteiger partial charge < -0.3 is 9.30 Å². The van der Waals surface area contributed by atoms with E-state index in [1.807, 2.05) is 59.3 Å². The zero-order valence-electron chi connectivity index (χ0n) is 11.6. The van der Waals surface area contributed by atoms with Crippen molar-refractivity contribution < 1.29 is 9.53 Å². The molecule has 1 aliphatic heterocycles. The van der Waals surface area contributed by atoms with Gasteiger partial charge in [-0.05, 0) is 24.3 Å². The second kappa shape index (κ2) is 5.04. The molecule has 0 saturated heterocycles. The van der Waals surface area contributed by atoms with Crippen molar-refractivity contribution in [2.24, 2.45) is 0 Å². The Hall–Kier alpha value is -2.52. The first-order valence-electron chi connectivity index (χ1n) is 6.98. The average molecular weight is 310 g/mol. The molecule has 22 heavy (non-hydrogen) atoms. The van der Waals surface area contributed by atoms with Crippen molar-refractivity contribution in [2.75, 3.05) is 0 Å². The number of aromatic nitrogens is 1. The molecule has 3 nitrogen and oxygen atoms in total. The summed E-state index contributed by atoms with van der Waals surface area (Å²) in [5.41, 5.74) is 2.18. The van der Waals surface area contributed by atoms with Gasteiger partial charge >= 0.3 is 0 Å². The number of ketones is 1. The molecule has 0 spiro atoms. The zero-order chi connectivity index (χ0) is 15.1. The highest BCUT2D eigenvalue weighted by Gasteiger charge is 2.31. The van der Waals surface area contributed by atoms with Crippen LogP contribution in [0.4, 0.5) is 0 Å². The molecule has 0 saturated carbocycles. The molecule has 1 atom stereocenters. The minimum atomic E-state index is -0.698. The smallest absolute Gasteiger partial charge is 0.224 e. The quantitative estimate of drug-likeness (QED) is 0.665. The van der Waals surface area contributed by atoms with Crippen LogP contribution < -0.4 is 4.74 Å². The number of carbonyl (C=O) groups is 1. The molecule has 0 bridgehead atoms. The van der Waals surface area contributed by atoms with Gasteiger partial charge in [-0.25, -0.2) is 0 Å². The van der Waals surface area contributed by atoms with Gasteiger partial charge in [-0.15, -0.1) is 0 Å². The maximum atomic E-state index is 12.9. The van der Waals surface area contributed by atoms with Gasteiger partial charge in [0, 0.05) is 11.8 Å². The van der Waals surface area contributed by atoms with Crippen LogP contribution in [0.15, 0.2) is 66.9 Å². The predicted molar refractivity (Wildman–Crippen MR) is 84.9 cm³/mol. The van der Waals surface area contributed by atoms with Crippen molar-refractivity contribution in [3.8, 4) is 11.4 Å². The summed E-state index contributed by atoms with van der Waals surface area (Å²) < 4.78 is 7.85. The molecule has 0 radical (unpaired) electrons. The van der Waals surface area contributed by atoms with Crippen LogP contribution in [0.1, 0.15) is 22.2 Å². The number of para-hydroxylation sites is 1. The summed E-state index contributed by atoms with van der Waals surface area (Å²) in [6, 6.07) is 18.6. The van der Waals surface area contributed by atoms with E-state index in [0.717, 1.165) is 11.3 Å². The normalized spacial score (nSPS) is 16.4. The number of halogens is 1. The second-order valence-electron chi connectivity index (χ2n) is 5.12. The largest absolute Gasteiger partial charge is 0.474 e. The van der Waals surface area contributed by atoms with Crippen molar-refractivity contribution >= 4 is 17.4 Å². The van der Waals surface area contributed by atoms with Crippen LogP contribution in [0, 0.1) is 0 Å². The third-order valence-electron chi connectivity index (χ3n) is 3.78. The van der Waals surface area contributed by atoms with Crippen LogP contribution >= 0.6 is 11.6 Å². The van der Waals surface area contributed by atoms with Gasteiger partial charge in [0.15, 0.2) is 11.9 Å². The molecule has 2 heterocycles. The summed E-state index contributed by atoms with van der Waals surface area (Å²) in [5, 5.41) is 0.493. The van der Waals surface area contributed by atoms with Crippen molar-refractivity contribution in [3.05, 3.63) is 83.1 Å². The lowest BCUT2D eigenvalue weighted by atomic mass is 10.0. The van der Waals surface area contributed by atoms with Crippen molar-refractivity contribution in [2.45, 2.75) is 6.10 Å². The molecule has 0 fully saturated rings. The molecule has 0 amide bonds. The number of benzene rings is 2. The predicted octanol–water partition coefficient (Wildman–Crippen LogP) is 4.45. The second-order valence-corrected chi connectivity index (χ2v) is 5.53. The number of ether oxygens (including phenoxy) is 1. The van der Waals surface area contributed by atoms with Gasteiger partial charge in [-0.2, -0.15) is 0 Å². The van der Waals surface area contributed by atoms with Crippen LogP contribution in [0.2, 0.25) is 5.02 Å². The van der Waals surface area contributed by atoms with E-state index in [4.69, 9.17) is 16.3 Å². The highest BCUT2D eigenvalue weighted by atomic mass is 35.5. The molecule has 0 aliphatic carbocycles. The molecule has 108 valence electrons. The van der Waals surface area contributed by atoms with E-state index < -0.39 is 6.10 Å². The lowest BCUT2D eigenvalue weighted by Crippen LogP contribution is -2.18.